The van der Waals surface area contributed by atoms with Crippen molar-refractivity contribution in [1.29, 1.82) is 0 Å². The molecular weight excluding hydrogens is 384 g/mol. The molecule has 2 fully saturated rings. The summed E-state index contributed by atoms with van der Waals surface area (Å²) in [5.41, 5.74) is 0.986. The van der Waals surface area contributed by atoms with Crippen molar-refractivity contribution in [2.24, 2.45) is 11.3 Å². The van der Waals surface area contributed by atoms with E-state index in [0.717, 1.165) is 43.6 Å². The summed E-state index contributed by atoms with van der Waals surface area (Å²) in [6.45, 7) is 8.31. The topological polar surface area (TPSA) is 52.6 Å². The highest BCUT2D eigenvalue weighted by molar-refractivity contribution is 7.91. The number of hydrogen-bond acceptors (Lipinski definition) is 4. The minimum Gasteiger partial charge on any atom is -0.493 e. The molecule has 0 atom stereocenters. The summed E-state index contributed by atoms with van der Waals surface area (Å²) in [5.74, 6) is 2.04. The lowest BCUT2D eigenvalue weighted by molar-refractivity contribution is 0.0720. The largest absolute Gasteiger partial charge is 0.493 e. The molecule has 5 heteroatoms. The molecule has 0 amide bonds. The standard InChI is InChI=1S/C24H38O4S/c1-23(2,3)18-27-14-7-15-29(25,26)19-24(12-4-5-13-24)21-8-6-9-22(16-21)28-17-20-10-11-20/h6,8-9,16,20H,4-5,7,10-15,17-19H2,1-3H3. The van der Waals surface area contributed by atoms with Gasteiger partial charge in [-0.2, -0.15) is 0 Å². The quantitative estimate of drug-likeness (QED) is 0.463. The summed E-state index contributed by atoms with van der Waals surface area (Å²) in [6.07, 6.45) is 7.17. The molecule has 0 aromatic heterocycles. The summed E-state index contributed by atoms with van der Waals surface area (Å²) in [5, 5.41) is 0. The number of rotatable bonds is 11. The second kappa shape index (κ2) is 9.38. The van der Waals surface area contributed by atoms with Crippen LogP contribution in [0.15, 0.2) is 24.3 Å². The van der Waals surface area contributed by atoms with E-state index in [1.807, 2.05) is 12.1 Å². The van der Waals surface area contributed by atoms with Crippen LogP contribution in [0.2, 0.25) is 0 Å². The van der Waals surface area contributed by atoms with Gasteiger partial charge in [0, 0.05) is 12.0 Å². The Labute approximate surface area is 177 Å². The third kappa shape index (κ3) is 7.29. The fraction of sp³-hybridized carbons (Fsp3) is 0.750. The maximum absolute atomic E-state index is 12.9. The van der Waals surface area contributed by atoms with Crippen LogP contribution in [0, 0.1) is 11.3 Å². The minimum atomic E-state index is -3.14. The Kier molecular flexibility index (Phi) is 7.32. The van der Waals surface area contributed by atoms with Crippen LogP contribution in [0.1, 0.15) is 71.3 Å². The van der Waals surface area contributed by atoms with Crippen molar-refractivity contribution in [3.8, 4) is 5.75 Å². The first-order valence-corrected chi connectivity index (χ1v) is 13.0. The lowest BCUT2D eigenvalue weighted by atomic mass is 9.81. The van der Waals surface area contributed by atoms with E-state index in [1.54, 1.807) is 0 Å². The maximum Gasteiger partial charge on any atom is 0.151 e. The Morgan fingerprint density at radius 2 is 1.86 bits per heavy atom. The number of sulfone groups is 1. The normalized spacial score (nSPS) is 19.4. The molecule has 0 spiro atoms. The van der Waals surface area contributed by atoms with Crippen LogP contribution in [0.25, 0.3) is 0 Å². The highest BCUT2D eigenvalue weighted by atomic mass is 32.2. The van der Waals surface area contributed by atoms with Gasteiger partial charge < -0.3 is 9.47 Å². The molecule has 2 aliphatic rings. The van der Waals surface area contributed by atoms with Crippen LogP contribution in [0.5, 0.6) is 5.75 Å². The molecule has 2 saturated carbocycles. The smallest absolute Gasteiger partial charge is 0.151 e. The molecule has 0 bridgehead atoms. The lowest BCUT2D eigenvalue weighted by Crippen LogP contribution is -2.33. The number of ether oxygens (including phenoxy) is 2. The average Bonchev–Trinajstić information content (AvgIpc) is 3.36. The highest BCUT2D eigenvalue weighted by Crippen LogP contribution is 2.43. The van der Waals surface area contributed by atoms with Gasteiger partial charge in [0.1, 0.15) is 5.75 Å². The Balaban J connectivity index is 1.60. The van der Waals surface area contributed by atoms with Gasteiger partial charge in [-0.1, -0.05) is 45.7 Å². The van der Waals surface area contributed by atoms with E-state index in [9.17, 15) is 8.42 Å². The van der Waals surface area contributed by atoms with Crippen LogP contribution in [-0.4, -0.2) is 39.7 Å². The molecule has 1 aromatic rings. The molecule has 0 radical (unpaired) electrons. The maximum atomic E-state index is 12.9. The van der Waals surface area contributed by atoms with Crippen LogP contribution in [0.3, 0.4) is 0 Å². The van der Waals surface area contributed by atoms with Gasteiger partial charge in [0.25, 0.3) is 0 Å². The van der Waals surface area contributed by atoms with Crippen molar-refractivity contribution >= 4 is 9.84 Å². The predicted octanol–water partition coefficient (Wildman–Crippen LogP) is 5.15. The van der Waals surface area contributed by atoms with Gasteiger partial charge in [0.2, 0.25) is 0 Å². The Morgan fingerprint density at radius 3 is 2.52 bits per heavy atom. The van der Waals surface area contributed by atoms with E-state index in [1.165, 1.54) is 12.8 Å². The van der Waals surface area contributed by atoms with Crippen molar-refractivity contribution in [2.45, 2.75) is 71.1 Å². The molecule has 4 nitrogen and oxygen atoms in total. The first kappa shape index (κ1) is 22.6. The molecule has 0 heterocycles. The van der Waals surface area contributed by atoms with Crippen LogP contribution >= 0.6 is 0 Å². The summed E-state index contributed by atoms with van der Waals surface area (Å²) in [4.78, 5) is 0. The van der Waals surface area contributed by atoms with Crippen molar-refractivity contribution in [3.63, 3.8) is 0 Å². The Bertz CT molecular complexity index is 753. The van der Waals surface area contributed by atoms with E-state index >= 15 is 0 Å². The summed E-state index contributed by atoms with van der Waals surface area (Å²) in [6, 6.07) is 8.20. The van der Waals surface area contributed by atoms with Gasteiger partial charge in [0.15, 0.2) is 9.84 Å². The SMILES string of the molecule is CC(C)(C)COCCCS(=O)(=O)CC1(c2cccc(OCC3CC3)c2)CCCC1. The van der Waals surface area contributed by atoms with Crippen LogP contribution < -0.4 is 4.74 Å². The van der Waals surface area contributed by atoms with Crippen molar-refractivity contribution in [3.05, 3.63) is 29.8 Å². The molecule has 2 aliphatic carbocycles. The second-order valence-corrected chi connectivity index (χ2v) is 12.5. The van der Waals surface area contributed by atoms with Crippen molar-refractivity contribution in [1.82, 2.24) is 0 Å². The van der Waals surface area contributed by atoms with Gasteiger partial charge in [-0.05, 0) is 61.1 Å². The molecule has 0 aliphatic heterocycles. The Morgan fingerprint density at radius 1 is 1.14 bits per heavy atom. The van der Waals surface area contributed by atoms with Gasteiger partial charge in [-0.25, -0.2) is 8.42 Å². The molecule has 0 unspecified atom stereocenters. The molecule has 164 valence electrons. The van der Waals surface area contributed by atoms with Crippen molar-refractivity contribution in [2.75, 3.05) is 31.3 Å². The monoisotopic (exact) mass is 422 g/mol. The van der Waals surface area contributed by atoms with Crippen LogP contribution in [0.4, 0.5) is 0 Å². The van der Waals surface area contributed by atoms with Gasteiger partial charge >= 0.3 is 0 Å². The summed E-state index contributed by atoms with van der Waals surface area (Å²) >= 11 is 0. The first-order valence-electron chi connectivity index (χ1n) is 11.2. The van der Waals surface area contributed by atoms with Crippen molar-refractivity contribution < 1.29 is 17.9 Å². The van der Waals surface area contributed by atoms with Gasteiger partial charge in [0.05, 0.1) is 24.7 Å². The predicted molar refractivity (Wildman–Crippen MR) is 118 cm³/mol. The molecular formula is C24H38O4S. The highest BCUT2D eigenvalue weighted by Gasteiger charge is 2.39. The fourth-order valence-electron chi connectivity index (χ4n) is 4.23. The second-order valence-electron chi connectivity index (χ2n) is 10.3. The molecule has 29 heavy (non-hydrogen) atoms. The summed E-state index contributed by atoms with van der Waals surface area (Å²) in [7, 11) is -3.14. The fourth-order valence-corrected chi connectivity index (χ4v) is 6.23. The molecule has 1 aromatic carbocycles. The molecule has 0 N–H and O–H groups in total. The third-order valence-corrected chi connectivity index (χ3v) is 7.87. The zero-order valence-corrected chi connectivity index (χ0v) is 19.2. The minimum absolute atomic E-state index is 0.110. The lowest BCUT2D eigenvalue weighted by Gasteiger charge is -2.30. The third-order valence-electron chi connectivity index (χ3n) is 5.96. The van der Waals surface area contributed by atoms with Gasteiger partial charge in [-0.15, -0.1) is 0 Å². The van der Waals surface area contributed by atoms with Crippen LogP contribution in [-0.2, 0) is 20.0 Å². The average molecular weight is 423 g/mol. The zero-order valence-electron chi connectivity index (χ0n) is 18.4. The Hall–Kier alpha value is -1.07. The van der Waals surface area contributed by atoms with E-state index in [-0.39, 0.29) is 22.3 Å². The zero-order chi connectivity index (χ0) is 21.0. The summed E-state index contributed by atoms with van der Waals surface area (Å²) < 4.78 is 37.5. The number of hydrogen-bond donors (Lipinski definition) is 0. The van der Waals surface area contributed by atoms with E-state index in [2.05, 4.69) is 32.9 Å². The molecule has 0 saturated heterocycles. The van der Waals surface area contributed by atoms with E-state index in [4.69, 9.17) is 9.47 Å². The number of benzene rings is 1. The van der Waals surface area contributed by atoms with E-state index < -0.39 is 9.84 Å². The van der Waals surface area contributed by atoms with Gasteiger partial charge in [-0.3, -0.25) is 0 Å². The first-order chi connectivity index (χ1) is 13.7. The molecule has 3 rings (SSSR count). The van der Waals surface area contributed by atoms with E-state index in [0.29, 0.717) is 25.6 Å².